The van der Waals surface area contributed by atoms with Crippen molar-refractivity contribution in [2.24, 2.45) is 0 Å². The molecule has 8 nitrogen and oxygen atoms in total. The van der Waals surface area contributed by atoms with Gasteiger partial charge in [0.1, 0.15) is 12.0 Å². The van der Waals surface area contributed by atoms with Crippen molar-refractivity contribution in [1.29, 1.82) is 0 Å². The molecule has 2 aromatic carbocycles. The van der Waals surface area contributed by atoms with Crippen LogP contribution in [0.4, 0.5) is 5.69 Å². The van der Waals surface area contributed by atoms with Crippen LogP contribution in [0.5, 0.6) is 0 Å². The Balaban J connectivity index is 1.33. The highest BCUT2D eigenvalue weighted by Gasteiger charge is 2.20. The van der Waals surface area contributed by atoms with Crippen molar-refractivity contribution in [2.75, 3.05) is 5.32 Å². The molecule has 0 unspecified atom stereocenters. The minimum Gasteiger partial charge on any atom is -0.463 e. The minimum absolute atomic E-state index is 0.286. The van der Waals surface area contributed by atoms with Crippen LogP contribution in [0.15, 0.2) is 88.3 Å². The van der Waals surface area contributed by atoms with E-state index in [1.807, 2.05) is 53.1 Å². The Bertz CT molecular complexity index is 1610. The van der Waals surface area contributed by atoms with Gasteiger partial charge in [-0.3, -0.25) is 9.36 Å². The summed E-state index contributed by atoms with van der Waals surface area (Å²) in [7, 11) is 0. The number of nitrogens with one attached hydrogen (secondary N) is 1. The van der Waals surface area contributed by atoms with E-state index in [0.717, 1.165) is 16.7 Å². The number of hydrogen-bond donors (Lipinski definition) is 1. The Labute approximate surface area is 187 Å². The number of nitrogens with zero attached hydrogens (tertiary/aromatic N) is 4. The maximum Gasteiger partial charge on any atom is 0.259 e. The third-order valence-electron chi connectivity index (χ3n) is 5.49. The van der Waals surface area contributed by atoms with Crippen LogP contribution < -0.4 is 5.32 Å². The van der Waals surface area contributed by atoms with Gasteiger partial charge in [0.2, 0.25) is 0 Å². The Kier molecular flexibility index (Phi) is 4.29. The van der Waals surface area contributed by atoms with Crippen molar-refractivity contribution in [3.8, 4) is 17.1 Å². The predicted octanol–water partition coefficient (Wildman–Crippen LogP) is 5.38. The van der Waals surface area contributed by atoms with E-state index in [1.54, 1.807) is 37.7 Å². The van der Waals surface area contributed by atoms with Gasteiger partial charge in [-0.15, -0.1) is 0 Å². The number of para-hydroxylation sites is 2. The second-order valence-electron chi connectivity index (χ2n) is 7.58. The molecule has 160 valence electrons. The molecule has 1 amide bonds. The molecule has 6 rings (SSSR count). The summed E-state index contributed by atoms with van der Waals surface area (Å²) in [6.45, 7) is 1.78. The fraction of sp³-hybridized carbons (Fsp3) is 0.0400. The maximum atomic E-state index is 13.2. The standard InChI is InChI=1S/C25H17N5O3/c1-15-23-18(13-20(22-7-4-12-32-22)28-25(23)33-29-15)24(31)27-16-8-10-17(11-9-16)30-14-26-19-5-2-3-6-21(19)30/h2-14H,1H3,(H,27,31). The van der Waals surface area contributed by atoms with Crippen LogP contribution in [-0.4, -0.2) is 25.6 Å². The van der Waals surface area contributed by atoms with Gasteiger partial charge in [-0.1, -0.05) is 17.3 Å². The third-order valence-corrected chi connectivity index (χ3v) is 5.49. The summed E-state index contributed by atoms with van der Waals surface area (Å²) in [5.74, 6) is 0.249. The second kappa shape index (κ2) is 7.45. The molecule has 33 heavy (non-hydrogen) atoms. The molecular weight excluding hydrogens is 418 g/mol. The number of fused-ring (bicyclic) bond motifs is 2. The molecule has 0 spiro atoms. The zero-order valence-corrected chi connectivity index (χ0v) is 17.5. The zero-order valence-electron chi connectivity index (χ0n) is 17.5. The quantitative estimate of drug-likeness (QED) is 0.399. The topological polar surface area (TPSA) is 99.0 Å². The highest BCUT2D eigenvalue weighted by Crippen LogP contribution is 2.28. The van der Waals surface area contributed by atoms with Crippen molar-refractivity contribution in [3.63, 3.8) is 0 Å². The molecule has 0 aliphatic heterocycles. The molecule has 6 aromatic rings. The van der Waals surface area contributed by atoms with E-state index in [9.17, 15) is 4.79 Å². The summed E-state index contributed by atoms with van der Waals surface area (Å²) in [4.78, 5) is 22.1. The number of aryl methyl sites for hydroxylation is 1. The Morgan fingerprint density at radius 1 is 1.03 bits per heavy atom. The molecule has 0 bridgehead atoms. The van der Waals surface area contributed by atoms with Gasteiger partial charge in [0.25, 0.3) is 11.6 Å². The summed E-state index contributed by atoms with van der Waals surface area (Å²) >= 11 is 0. The SMILES string of the molecule is Cc1noc2nc(-c3ccco3)cc(C(=O)Nc3ccc(-n4cnc5ccccc54)cc3)c12. The fourth-order valence-electron chi connectivity index (χ4n) is 3.89. The Morgan fingerprint density at radius 3 is 2.70 bits per heavy atom. The number of rotatable bonds is 4. The normalized spacial score (nSPS) is 11.3. The van der Waals surface area contributed by atoms with Crippen LogP contribution in [0.1, 0.15) is 16.1 Å². The van der Waals surface area contributed by atoms with Crippen molar-refractivity contribution < 1.29 is 13.7 Å². The number of carbonyl (C=O) groups is 1. The van der Waals surface area contributed by atoms with Gasteiger partial charge in [-0.05, 0) is 61.5 Å². The van der Waals surface area contributed by atoms with Crippen molar-refractivity contribution in [3.05, 3.63) is 90.6 Å². The van der Waals surface area contributed by atoms with Crippen molar-refractivity contribution in [1.82, 2.24) is 19.7 Å². The first-order valence-corrected chi connectivity index (χ1v) is 10.3. The van der Waals surface area contributed by atoms with Crippen LogP contribution in [0.3, 0.4) is 0 Å². The smallest absolute Gasteiger partial charge is 0.259 e. The number of hydrogen-bond acceptors (Lipinski definition) is 6. The van der Waals surface area contributed by atoms with E-state index >= 15 is 0 Å². The van der Waals surface area contributed by atoms with Gasteiger partial charge in [-0.25, -0.2) is 9.97 Å². The molecule has 0 radical (unpaired) electrons. The zero-order chi connectivity index (χ0) is 22.4. The van der Waals surface area contributed by atoms with E-state index in [-0.39, 0.29) is 11.6 Å². The summed E-state index contributed by atoms with van der Waals surface area (Å²) in [5.41, 5.74) is 5.33. The summed E-state index contributed by atoms with van der Waals surface area (Å²) in [5, 5.41) is 7.51. The first-order chi connectivity index (χ1) is 16.2. The van der Waals surface area contributed by atoms with Gasteiger partial charge in [0.05, 0.1) is 33.9 Å². The Hall–Kier alpha value is -4.72. The monoisotopic (exact) mass is 435 g/mol. The lowest BCUT2D eigenvalue weighted by atomic mass is 10.1. The average Bonchev–Trinajstić information content (AvgIpc) is 3.59. The molecule has 0 saturated heterocycles. The maximum absolute atomic E-state index is 13.2. The van der Waals surface area contributed by atoms with Crippen LogP contribution in [0.25, 0.3) is 39.3 Å². The average molecular weight is 435 g/mol. The molecule has 0 aliphatic rings. The third kappa shape index (κ3) is 3.25. The minimum atomic E-state index is -0.290. The van der Waals surface area contributed by atoms with Crippen molar-refractivity contribution >= 4 is 33.7 Å². The second-order valence-corrected chi connectivity index (χ2v) is 7.58. The number of anilines is 1. The van der Waals surface area contributed by atoms with Gasteiger partial charge >= 0.3 is 0 Å². The molecule has 0 saturated carbocycles. The van der Waals surface area contributed by atoms with Crippen LogP contribution in [0, 0.1) is 6.92 Å². The van der Waals surface area contributed by atoms with E-state index in [4.69, 9.17) is 8.94 Å². The Morgan fingerprint density at radius 2 is 1.88 bits per heavy atom. The molecule has 1 N–H and O–H groups in total. The molecule has 0 atom stereocenters. The number of amides is 1. The molecule has 4 heterocycles. The van der Waals surface area contributed by atoms with Gasteiger partial charge < -0.3 is 14.3 Å². The number of imidazole rings is 1. The number of furan rings is 1. The number of aromatic nitrogens is 4. The predicted molar refractivity (Wildman–Crippen MR) is 123 cm³/mol. The first-order valence-electron chi connectivity index (χ1n) is 10.3. The molecule has 0 aliphatic carbocycles. The highest BCUT2D eigenvalue weighted by molar-refractivity contribution is 6.13. The summed E-state index contributed by atoms with van der Waals surface area (Å²) < 4.78 is 12.8. The molecule has 4 aromatic heterocycles. The van der Waals surface area contributed by atoms with Crippen LogP contribution >= 0.6 is 0 Å². The molecule has 8 heteroatoms. The largest absolute Gasteiger partial charge is 0.463 e. The first kappa shape index (κ1) is 19.0. The molecule has 0 fully saturated rings. The number of benzene rings is 2. The summed E-state index contributed by atoms with van der Waals surface area (Å²) in [6, 6.07) is 20.7. The highest BCUT2D eigenvalue weighted by atomic mass is 16.5. The van der Waals surface area contributed by atoms with E-state index < -0.39 is 0 Å². The van der Waals surface area contributed by atoms with Gasteiger partial charge in [-0.2, -0.15) is 0 Å². The van der Waals surface area contributed by atoms with Crippen LogP contribution in [-0.2, 0) is 0 Å². The fourth-order valence-corrected chi connectivity index (χ4v) is 3.89. The van der Waals surface area contributed by atoms with Gasteiger partial charge in [0.15, 0.2) is 5.76 Å². The van der Waals surface area contributed by atoms with E-state index in [0.29, 0.717) is 33.8 Å². The number of carbonyl (C=O) groups excluding carboxylic acids is 1. The van der Waals surface area contributed by atoms with E-state index in [2.05, 4.69) is 20.4 Å². The van der Waals surface area contributed by atoms with Gasteiger partial charge in [0, 0.05) is 11.4 Å². The molecular formula is C25H17N5O3. The van der Waals surface area contributed by atoms with Crippen molar-refractivity contribution in [2.45, 2.75) is 6.92 Å². The lowest BCUT2D eigenvalue weighted by Gasteiger charge is -2.09. The van der Waals surface area contributed by atoms with E-state index in [1.165, 1.54) is 0 Å². The van der Waals surface area contributed by atoms with Crippen LogP contribution in [0.2, 0.25) is 0 Å². The number of pyridine rings is 1. The lowest BCUT2D eigenvalue weighted by Crippen LogP contribution is -2.13. The summed E-state index contributed by atoms with van der Waals surface area (Å²) in [6.07, 6.45) is 3.34. The lowest BCUT2D eigenvalue weighted by molar-refractivity contribution is 0.102.